The van der Waals surface area contributed by atoms with Gasteiger partial charge in [0.25, 0.3) is 5.91 Å². The van der Waals surface area contributed by atoms with Crippen molar-refractivity contribution in [2.24, 2.45) is 0 Å². The van der Waals surface area contributed by atoms with Gasteiger partial charge in [-0.1, -0.05) is 30.3 Å². The average Bonchev–Trinajstić information content (AvgIpc) is 3.32. The van der Waals surface area contributed by atoms with E-state index in [-0.39, 0.29) is 17.5 Å². The van der Waals surface area contributed by atoms with E-state index in [1.165, 1.54) is 12.1 Å². The topological polar surface area (TPSA) is 91.8 Å². The maximum atomic E-state index is 13.3. The number of carbonyl (C=O) groups excluding carboxylic acids is 2. The van der Waals surface area contributed by atoms with Crippen molar-refractivity contribution in [2.45, 2.75) is 25.6 Å². The molecular formula is C21H18F3N5O2. The molecule has 0 aliphatic carbocycles. The molecule has 0 unspecified atom stereocenters. The number of nitrogens with zero attached hydrogens (tertiary/aromatic N) is 2. The number of hydrogen-bond donors (Lipinski definition) is 3. The summed E-state index contributed by atoms with van der Waals surface area (Å²) in [5.41, 5.74) is 6.64. The van der Waals surface area contributed by atoms with Crippen LogP contribution >= 0.6 is 0 Å². The first-order valence-electron chi connectivity index (χ1n) is 9.48. The molecular weight excluding hydrogens is 411 g/mol. The molecule has 0 radical (unpaired) electrons. The summed E-state index contributed by atoms with van der Waals surface area (Å²) in [5, 5.41) is 1.01. The summed E-state index contributed by atoms with van der Waals surface area (Å²) in [5.74, 6) is -2.42. The number of hydrogen-bond acceptors (Lipinski definition) is 3. The Kier molecular flexibility index (Phi) is 5.37. The minimum Gasteiger partial charge on any atom is -0.361 e. The lowest BCUT2D eigenvalue weighted by atomic mass is 10.1. The van der Waals surface area contributed by atoms with Crippen LogP contribution in [-0.2, 0) is 28.7 Å². The lowest BCUT2D eigenvalue weighted by Gasteiger charge is -2.12. The van der Waals surface area contributed by atoms with Gasteiger partial charge in [-0.05, 0) is 30.2 Å². The molecule has 4 rings (SSSR count). The molecule has 2 aromatic heterocycles. The number of halogens is 3. The van der Waals surface area contributed by atoms with E-state index in [0.717, 1.165) is 21.0 Å². The molecule has 7 nitrogen and oxygen atoms in total. The number of aryl methyl sites for hydroxylation is 1. The number of H-pyrrole nitrogens is 1. The van der Waals surface area contributed by atoms with Gasteiger partial charge in [0.15, 0.2) is 0 Å². The fourth-order valence-corrected chi connectivity index (χ4v) is 3.42. The lowest BCUT2D eigenvalue weighted by Crippen LogP contribution is -2.43. The summed E-state index contributed by atoms with van der Waals surface area (Å²) in [6.45, 7) is -0.641. The van der Waals surface area contributed by atoms with Crippen LogP contribution in [0.1, 0.15) is 17.8 Å². The monoisotopic (exact) mass is 429 g/mol. The first-order chi connectivity index (χ1) is 14.8. The molecule has 0 saturated heterocycles. The van der Waals surface area contributed by atoms with E-state index in [0.29, 0.717) is 6.42 Å². The summed E-state index contributed by atoms with van der Waals surface area (Å²) in [4.78, 5) is 31.0. The largest absolute Gasteiger partial charge is 0.449 e. The average molecular weight is 429 g/mol. The number of fused-ring (bicyclic) bond motifs is 2. The van der Waals surface area contributed by atoms with Gasteiger partial charge in [-0.25, -0.2) is 4.98 Å². The van der Waals surface area contributed by atoms with Crippen LogP contribution in [-0.4, -0.2) is 26.3 Å². The van der Waals surface area contributed by atoms with Crippen molar-refractivity contribution in [3.05, 3.63) is 66.1 Å². The smallest absolute Gasteiger partial charge is 0.361 e. The second kappa shape index (κ2) is 8.13. The second-order valence-corrected chi connectivity index (χ2v) is 6.96. The number of rotatable bonds is 5. The number of hydrazine groups is 1. The van der Waals surface area contributed by atoms with Crippen LogP contribution < -0.4 is 10.9 Å². The van der Waals surface area contributed by atoms with Crippen LogP contribution in [0.4, 0.5) is 13.2 Å². The molecule has 2 amide bonds. The van der Waals surface area contributed by atoms with Gasteiger partial charge in [0.2, 0.25) is 11.7 Å². The highest BCUT2D eigenvalue weighted by atomic mass is 19.4. The van der Waals surface area contributed by atoms with Crippen molar-refractivity contribution in [1.29, 1.82) is 0 Å². The fourth-order valence-electron chi connectivity index (χ4n) is 3.42. The van der Waals surface area contributed by atoms with E-state index in [9.17, 15) is 22.8 Å². The second-order valence-electron chi connectivity index (χ2n) is 6.96. The summed E-state index contributed by atoms with van der Waals surface area (Å²) in [7, 11) is 0. The third-order valence-electron chi connectivity index (χ3n) is 4.85. The fraction of sp³-hybridized carbons (Fsp3) is 0.190. The van der Waals surface area contributed by atoms with E-state index < -0.39 is 30.4 Å². The summed E-state index contributed by atoms with van der Waals surface area (Å²) in [6.07, 6.45) is -2.36. The molecule has 2 heterocycles. The summed E-state index contributed by atoms with van der Waals surface area (Å²) >= 11 is 0. The van der Waals surface area contributed by atoms with Crippen molar-refractivity contribution in [1.82, 2.24) is 25.4 Å². The lowest BCUT2D eigenvalue weighted by molar-refractivity contribution is -0.147. The molecule has 4 aromatic rings. The SMILES string of the molecule is O=C(CCc1c[nH]c2ccccc12)NNC(=O)Cn1c(C(F)(F)F)nc2ccccc21. The maximum Gasteiger partial charge on any atom is 0.449 e. The summed E-state index contributed by atoms with van der Waals surface area (Å²) < 4.78 is 40.7. The van der Waals surface area contributed by atoms with Crippen molar-refractivity contribution >= 4 is 33.8 Å². The van der Waals surface area contributed by atoms with Crippen molar-refractivity contribution in [3.63, 3.8) is 0 Å². The van der Waals surface area contributed by atoms with E-state index in [1.54, 1.807) is 12.1 Å². The summed E-state index contributed by atoms with van der Waals surface area (Å²) in [6, 6.07) is 13.7. The Morgan fingerprint density at radius 2 is 1.71 bits per heavy atom. The molecule has 0 saturated carbocycles. The van der Waals surface area contributed by atoms with E-state index in [1.807, 2.05) is 30.5 Å². The number of amides is 2. The van der Waals surface area contributed by atoms with E-state index in [2.05, 4.69) is 20.8 Å². The predicted molar refractivity (Wildman–Crippen MR) is 108 cm³/mol. The van der Waals surface area contributed by atoms with E-state index >= 15 is 0 Å². The van der Waals surface area contributed by atoms with Crippen LogP contribution in [0, 0.1) is 0 Å². The normalized spacial score (nSPS) is 11.7. The van der Waals surface area contributed by atoms with Gasteiger partial charge >= 0.3 is 6.18 Å². The Morgan fingerprint density at radius 3 is 2.52 bits per heavy atom. The molecule has 0 aliphatic rings. The van der Waals surface area contributed by atoms with Crippen molar-refractivity contribution in [3.8, 4) is 0 Å². The Bertz CT molecular complexity index is 1260. The molecule has 0 fully saturated rings. The van der Waals surface area contributed by atoms with Gasteiger partial charge in [0.1, 0.15) is 6.54 Å². The number of carbonyl (C=O) groups is 2. The number of aromatic amines is 1. The zero-order valence-electron chi connectivity index (χ0n) is 16.2. The van der Waals surface area contributed by atoms with Gasteiger partial charge < -0.3 is 9.55 Å². The third-order valence-corrected chi connectivity index (χ3v) is 4.85. The third kappa shape index (κ3) is 4.37. The van der Waals surface area contributed by atoms with Gasteiger partial charge in [-0.3, -0.25) is 20.4 Å². The van der Waals surface area contributed by atoms with Gasteiger partial charge in [-0.15, -0.1) is 0 Å². The van der Waals surface area contributed by atoms with Gasteiger partial charge in [0, 0.05) is 23.5 Å². The number of para-hydroxylation sites is 3. The van der Waals surface area contributed by atoms with Crippen molar-refractivity contribution < 1.29 is 22.8 Å². The molecule has 2 aromatic carbocycles. The molecule has 31 heavy (non-hydrogen) atoms. The van der Waals surface area contributed by atoms with Crippen LogP contribution in [0.3, 0.4) is 0 Å². The predicted octanol–water partition coefficient (Wildman–Crippen LogP) is 3.32. The molecule has 0 atom stereocenters. The highest BCUT2D eigenvalue weighted by Crippen LogP contribution is 2.31. The molecule has 3 N–H and O–H groups in total. The number of benzene rings is 2. The van der Waals surface area contributed by atoms with Gasteiger partial charge in [-0.2, -0.15) is 13.2 Å². The highest BCUT2D eigenvalue weighted by molar-refractivity contribution is 5.86. The van der Waals surface area contributed by atoms with Crippen LogP contribution in [0.2, 0.25) is 0 Å². The first-order valence-corrected chi connectivity index (χ1v) is 9.48. The standard InChI is InChI=1S/C21H18F3N5O2/c22-21(23,24)20-26-16-7-3-4-8-17(16)29(20)12-19(31)28-27-18(30)10-9-13-11-25-15-6-2-1-5-14(13)15/h1-8,11,25H,9-10,12H2,(H,27,30)(H,28,31). The molecule has 10 heteroatoms. The molecule has 0 bridgehead atoms. The molecule has 0 spiro atoms. The minimum atomic E-state index is -4.72. The van der Waals surface area contributed by atoms with Gasteiger partial charge in [0.05, 0.1) is 11.0 Å². The first kappa shape index (κ1) is 20.5. The van der Waals surface area contributed by atoms with Crippen molar-refractivity contribution in [2.75, 3.05) is 0 Å². The highest BCUT2D eigenvalue weighted by Gasteiger charge is 2.38. The number of alkyl halides is 3. The van der Waals surface area contributed by atoms with Crippen LogP contribution in [0.5, 0.6) is 0 Å². The maximum absolute atomic E-state index is 13.3. The Labute approximate surface area is 174 Å². The Hall–Kier alpha value is -3.82. The molecule has 160 valence electrons. The number of aromatic nitrogens is 3. The Morgan fingerprint density at radius 1 is 1.00 bits per heavy atom. The van der Waals surface area contributed by atoms with E-state index in [4.69, 9.17) is 0 Å². The number of imidazole rings is 1. The molecule has 0 aliphatic heterocycles. The quantitative estimate of drug-likeness (QED) is 0.425. The van der Waals surface area contributed by atoms with Crippen LogP contribution in [0.15, 0.2) is 54.7 Å². The number of nitrogens with one attached hydrogen (secondary N) is 3. The Balaban J connectivity index is 1.37. The minimum absolute atomic E-state index is 0.101. The zero-order valence-corrected chi connectivity index (χ0v) is 16.2. The van der Waals surface area contributed by atoms with Crippen LogP contribution in [0.25, 0.3) is 21.9 Å². The zero-order chi connectivity index (χ0) is 22.0.